The smallest absolute Gasteiger partial charge is 0.410 e. The predicted molar refractivity (Wildman–Crippen MR) is 140 cm³/mol. The second-order valence-corrected chi connectivity index (χ2v) is 9.94. The summed E-state index contributed by atoms with van der Waals surface area (Å²) >= 11 is 0. The van der Waals surface area contributed by atoms with E-state index in [9.17, 15) is 28.9 Å². The van der Waals surface area contributed by atoms with E-state index < -0.39 is 45.8 Å². The van der Waals surface area contributed by atoms with Crippen LogP contribution in [0.4, 0.5) is 20.7 Å². The molecule has 2 amide bonds. The van der Waals surface area contributed by atoms with Crippen molar-refractivity contribution in [2.24, 2.45) is 5.73 Å². The highest BCUT2D eigenvalue weighted by atomic mass is 19.1. The fourth-order valence-electron chi connectivity index (χ4n) is 4.09. The zero-order valence-electron chi connectivity index (χ0n) is 21.9. The summed E-state index contributed by atoms with van der Waals surface area (Å²) in [4.78, 5) is 50.4. The second kappa shape index (κ2) is 11.0. The Morgan fingerprint density at radius 2 is 1.85 bits per heavy atom. The monoisotopic (exact) mass is 554 g/mol. The Bertz CT molecular complexity index is 1440. The normalized spacial score (nSPS) is 13.3. The molecule has 0 bridgehead atoms. The third kappa shape index (κ3) is 5.85. The van der Waals surface area contributed by atoms with E-state index in [1.54, 1.807) is 26.8 Å². The lowest BCUT2D eigenvalue weighted by Gasteiger charge is -2.44. The van der Waals surface area contributed by atoms with Gasteiger partial charge in [0.05, 0.1) is 23.2 Å². The molecule has 0 atom stereocenters. The number of anilines is 1. The molecule has 40 heavy (non-hydrogen) atoms. The molecule has 0 radical (unpaired) electrons. The van der Waals surface area contributed by atoms with Crippen molar-refractivity contribution in [3.63, 3.8) is 0 Å². The lowest BCUT2D eigenvalue weighted by Crippen LogP contribution is -2.62. The number of aromatic nitrogens is 2. The summed E-state index contributed by atoms with van der Waals surface area (Å²) in [6.07, 6.45) is -0.0251. The fourth-order valence-corrected chi connectivity index (χ4v) is 4.09. The van der Waals surface area contributed by atoms with Crippen LogP contribution >= 0.6 is 0 Å². The highest BCUT2D eigenvalue weighted by molar-refractivity contribution is 5.98. The molecule has 210 valence electrons. The Morgan fingerprint density at radius 1 is 1.20 bits per heavy atom. The van der Waals surface area contributed by atoms with Gasteiger partial charge >= 0.3 is 11.8 Å². The first-order valence-corrected chi connectivity index (χ1v) is 12.2. The Kier molecular flexibility index (Phi) is 7.70. The maximum atomic E-state index is 14.0. The number of hydrogen-bond acceptors (Lipinski definition) is 9. The van der Waals surface area contributed by atoms with Gasteiger partial charge in [0.15, 0.2) is 11.6 Å². The van der Waals surface area contributed by atoms with Gasteiger partial charge in [-0.05, 0) is 57.2 Å². The number of amides is 2. The molecular formula is C26H27FN6O7. The molecule has 1 saturated heterocycles. The van der Waals surface area contributed by atoms with Crippen molar-refractivity contribution in [1.82, 2.24) is 14.7 Å². The highest BCUT2D eigenvalue weighted by Crippen LogP contribution is 2.36. The molecule has 1 aromatic heterocycles. The van der Waals surface area contributed by atoms with Crippen molar-refractivity contribution < 1.29 is 33.2 Å². The zero-order valence-corrected chi connectivity index (χ0v) is 21.9. The number of carbonyl (C=O) groups is 3. The van der Waals surface area contributed by atoms with Gasteiger partial charge in [-0.3, -0.25) is 14.9 Å². The van der Waals surface area contributed by atoms with E-state index in [4.69, 9.17) is 15.2 Å². The van der Waals surface area contributed by atoms with Gasteiger partial charge in [0.2, 0.25) is 11.5 Å². The van der Waals surface area contributed by atoms with Crippen LogP contribution in [0, 0.1) is 15.9 Å². The zero-order chi connectivity index (χ0) is 29.2. The van der Waals surface area contributed by atoms with Gasteiger partial charge in [0, 0.05) is 13.1 Å². The van der Waals surface area contributed by atoms with Crippen LogP contribution in [0.15, 0.2) is 48.5 Å². The number of rotatable bonds is 9. The van der Waals surface area contributed by atoms with E-state index in [0.717, 1.165) is 4.68 Å². The molecule has 3 aromatic rings. The van der Waals surface area contributed by atoms with E-state index in [2.05, 4.69) is 5.10 Å². The predicted octanol–water partition coefficient (Wildman–Crippen LogP) is 3.44. The number of aldehydes is 1. The molecule has 2 heterocycles. The molecule has 1 aliphatic heterocycles. The van der Waals surface area contributed by atoms with Gasteiger partial charge in [-0.15, -0.1) is 5.10 Å². The van der Waals surface area contributed by atoms with Crippen LogP contribution in [-0.4, -0.2) is 69.2 Å². The summed E-state index contributed by atoms with van der Waals surface area (Å²) in [6.45, 7) is 5.10. The highest BCUT2D eigenvalue weighted by Gasteiger charge is 2.42. The Balaban J connectivity index is 1.66. The molecule has 1 fully saturated rings. The topological polar surface area (TPSA) is 163 Å². The van der Waals surface area contributed by atoms with Crippen molar-refractivity contribution >= 4 is 29.8 Å². The third-order valence-electron chi connectivity index (χ3n) is 5.90. The van der Waals surface area contributed by atoms with E-state index in [-0.39, 0.29) is 42.6 Å². The fraction of sp³-hybridized carbons (Fsp3) is 0.308. The Hall–Kier alpha value is -5.01. The van der Waals surface area contributed by atoms with Crippen LogP contribution in [0.2, 0.25) is 0 Å². The quantitative estimate of drug-likeness (QED) is 0.237. The van der Waals surface area contributed by atoms with Crippen LogP contribution in [0.3, 0.4) is 0 Å². The lowest BCUT2D eigenvalue weighted by molar-refractivity contribution is -0.384. The van der Waals surface area contributed by atoms with Gasteiger partial charge in [0.25, 0.3) is 5.91 Å². The average Bonchev–Trinajstić information content (AvgIpc) is 3.24. The molecule has 14 heteroatoms. The number of halogens is 1. The van der Waals surface area contributed by atoms with Crippen molar-refractivity contribution in [3.8, 4) is 17.2 Å². The number of hydrogen-bond donors (Lipinski definition) is 1. The minimum atomic E-state index is -1.12. The molecule has 0 unspecified atom stereocenters. The summed E-state index contributed by atoms with van der Waals surface area (Å²) in [7, 11) is 0. The maximum absolute atomic E-state index is 14.0. The van der Waals surface area contributed by atoms with Crippen molar-refractivity contribution in [3.05, 3.63) is 70.2 Å². The first-order chi connectivity index (χ1) is 18.9. The van der Waals surface area contributed by atoms with E-state index in [1.165, 1.54) is 52.3 Å². The van der Waals surface area contributed by atoms with Gasteiger partial charge in [-0.25, -0.2) is 13.9 Å². The molecule has 0 saturated carbocycles. The average molecular weight is 555 g/mol. The Morgan fingerprint density at radius 3 is 2.40 bits per heavy atom. The number of primary amides is 1. The van der Waals surface area contributed by atoms with E-state index in [0.29, 0.717) is 6.29 Å². The number of likely N-dealkylation sites (tertiary alicyclic amines) is 1. The van der Waals surface area contributed by atoms with E-state index in [1.807, 2.05) is 0 Å². The van der Waals surface area contributed by atoms with Crippen LogP contribution in [0.1, 0.15) is 31.3 Å². The molecular weight excluding hydrogens is 527 g/mol. The molecule has 2 N–H and O–H groups in total. The van der Waals surface area contributed by atoms with E-state index >= 15 is 0 Å². The standard InChI is InChI=1S/C26H27FN6O7/c1-26(2,3)40-25(36)30-14-17(15-30)31(12-13-34)24-22(33(37)38)21(23(28)35)32(29-24)16-8-10-18(11-9-16)39-20-7-5-4-6-19(20)27/h4-11,13,17H,12,14-15H2,1-3H3,(H2,28,35). The summed E-state index contributed by atoms with van der Waals surface area (Å²) in [5.74, 6) is -1.68. The molecule has 0 spiro atoms. The second-order valence-electron chi connectivity index (χ2n) is 9.94. The SMILES string of the molecule is CC(C)(C)OC(=O)N1CC(N(CC=O)c2nn(-c3ccc(Oc4ccccc4F)cc3)c(C(N)=O)c2[N+](=O)[O-])C1. The first-order valence-electron chi connectivity index (χ1n) is 12.2. The van der Waals surface area contributed by atoms with Crippen LogP contribution in [-0.2, 0) is 9.53 Å². The first kappa shape index (κ1) is 28.0. The summed E-state index contributed by atoms with van der Waals surface area (Å²) in [6, 6.07) is 11.2. The minimum absolute atomic E-state index is 0.00415. The number of benzene rings is 2. The maximum Gasteiger partial charge on any atom is 0.410 e. The molecule has 0 aliphatic carbocycles. The van der Waals surface area contributed by atoms with Crippen molar-refractivity contribution in [2.75, 3.05) is 24.5 Å². The minimum Gasteiger partial charge on any atom is -0.454 e. The summed E-state index contributed by atoms with van der Waals surface area (Å²) in [5.41, 5.74) is 3.85. The van der Waals surface area contributed by atoms with Crippen LogP contribution < -0.4 is 15.4 Å². The molecule has 13 nitrogen and oxygen atoms in total. The summed E-state index contributed by atoms with van der Waals surface area (Å²) < 4.78 is 25.8. The largest absolute Gasteiger partial charge is 0.454 e. The molecule has 2 aromatic carbocycles. The van der Waals surface area contributed by atoms with Gasteiger partial charge in [0.1, 0.15) is 17.6 Å². The Labute approximate surface area is 228 Å². The number of ether oxygens (including phenoxy) is 2. The van der Waals surface area contributed by atoms with Crippen LogP contribution in [0.25, 0.3) is 5.69 Å². The number of carbonyl (C=O) groups excluding carboxylic acids is 3. The number of nitrogens with zero attached hydrogens (tertiary/aromatic N) is 5. The molecule has 4 rings (SSSR count). The number of nitrogens with two attached hydrogens (primary N) is 1. The van der Waals surface area contributed by atoms with Crippen molar-refractivity contribution in [2.45, 2.75) is 32.4 Å². The van der Waals surface area contributed by atoms with Crippen molar-refractivity contribution in [1.29, 1.82) is 0 Å². The number of para-hydroxylation sites is 1. The van der Waals surface area contributed by atoms with Gasteiger partial charge in [-0.1, -0.05) is 12.1 Å². The lowest BCUT2D eigenvalue weighted by atomic mass is 10.1. The number of nitro groups is 1. The third-order valence-corrected chi connectivity index (χ3v) is 5.90. The van der Waals surface area contributed by atoms with Gasteiger partial charge in [-0.2, -0.15) is 0 Å². The van der Waals surface area contributed by atoms with Gasteiger partial charge < -0.3 is 29.8 Å². The summed E-state index contributed by atoms with van der Waals surface area (Å²) in [5, 5.41) is 16.4. The van der Waals surface area contributed by atoms with Crippen LogP contribution in [0.5, 0.6) is 11.5 Å². The molecule has 1 aliphatic rings.